The van der Waals surface area contributed by atoms with Crippen molar-refractivity contribution in [2.24, 2.45) is 18.0 Å². The third-order valence-electron chi connectivity index (χ3n) is 6.03. The molecule has 0 saturated heterocycles. The van der Waals surface area contributed by atoms with Gasteiger partial charge in [-0.05, 0) is 36.3 Å². The molecule has 0 N–H and O–H groups in total. The largest absolute Gasteiger partial charge is 0.511 e. The standard InChI is InChI=1S/C28H41N3O4/c1-11-18(2)17-33-27(32)35-21(5)34-26(25-19(3)20(4)30-31(25)10)24(16-29-9)22-12-14-23(15-13-22)28(6,7)8/h12-16,18,21H,11,17H2,1-10H3/b26-24-,29-16?. The molecule has 35 heavy (non-hydrogen) atoms. The molecule has 1 aromatic carbocycles. The number of aliphatic imine (C=N–C) groups is 1. The van der Waals surface area contributed by atoms with Crippen LogP contribution in [0.5, 0.6) is 0 Å². The highest BCUT2D eigenvalue weighted by molar-refractivity contribution is 6.18. The monoisotopic (exact) mass is 483 g/mol. The highest BCUT2D eigenvalue weighted by Gasteiger charge is 2.24. The fourth-order valence-electron chi connectivity index (χ4n) is 3.56. The number of nitrogens with zero attached hydrogens (tertiary/aromatic N) is 3. The summed E-state index contributed by atoms with van der Waals surface area (Å²) in [5.74, 6) is 0.791. The Kier molecular flexibility index (Phi) is 9.69. The minimum absolute atomic E-state index is 0.0360. The van der Waals surface area contributed by atoms with Crippen LogP contribution in [0.2, 0.25) is 0 Å². The number of benzene rings is 1. The molecule has 0 amide bonds. The number of ether oxygens (including phenoxy) is 3. The number of carbonyl (C=O) groups is 1. The predicted octanol–water partition coefficient (Wildman–Crippen LogP) is 6.47. The molecule has 192 valence electrons. The molecule has 7 heteroatoms. The Bertz CT molecular complexity index is 1060. The van der Waals surface area contributed by atoms with Crippen LogP contribution in [0.4, 0.5) is 4.79 Å². The Morgan fingerprint density at radius 1 is 1.14 bits per heavy atom. The molecule has 2 atom stereocenters. The lowest BCUT2D eigenvalue weighted by atomic mass is 9.86. The Morgan fingerprint density at radius 3 is 2.26 bits per heavy atom. The van der Waals surface area contributed by atoms with Gasteiger partial charge in [0.1, 0.15) is 5.69 Å². The first-order valence-corrected chi connectivity index (χ1v) is 12.2. The van der Waals surface area contributed by atoms with Crippen molar-refractivity contribution in [3.8, 4) is 0 Å². The van der Waals surface area contributed by atoms with Gasteiger partial charge in [0, 0.05) is 38.4 Å². The second-order valence-corrected chi connectivity index (χ2v) is 10.0. The summed E-state index contributed by atoms with van der Waals surface area (Å²) in [5, 5.41) is 4.57. The van der Waals surface area contributed by atoms with Crippen LogP contribution in [0.1, 0.15) is 76.0 Å². The van der Waals surface area contributed by atoms with Gasteiger partial charge in [0.2, 0.25) is 6.29 Å². The van der Waals surface area contributed by atoms with E-state index in [0.717, 1.165) is 34.5 Å². The van der Waals surface area contributed by atoms with Crippen LogP contribution in [-0.2, 0) is 26.7 Å². The number of aryl methyl sites for hydroxylation is 2. The van der Waals surface area contributed by atoms with E-state index in [-0.39, 0.29) is 11.3 Å². The van der Waals surface area contributed by atoms with E-state index in [2.05, 4.69) is 55.1 Å². The lowest BCUT2D eigenvalue weighted by Gasteiger charge is -2.22. The fourth-order valence-corrected chi connectivity index (χ4v) is 3.56. The van der Waals surface area contributed by atoms with Gasteiger partial charge in [0.05, 0.1) is 12.3 Å². The molecule has 1 heterocycles. The molecule has 0 aliphatic heterocycles. The number of carbonyl (C=O) groups excluding carboxylic acids is 1. The summed E-state index contributed by atoms with van der Waals surface area (Å²) in [6.07, 6.45) is 1.03. The van der Waals surface area contributed by atoms with Crippen molar-refractivity contribution in [2.45, 2.75) is 73.5 Å². The normalized spacial score (nSPS) is 14.5. The predicted molar refractivity (Wildman–Crippen MR) is 141 cm³/mol. The van der Waals surface area contributed by atoms with E-state index < -0.39 is 12.4 Å². The first-order chi connectivity index (χ1) is 16.4. The van der Waals surface area contributed by atoms with E-state index in [1.54, 1.807) is 24.9 Å². The van der Waals surface area contributed by atoms with E-state index in [0.29, 0.717) is 12.4 Å². The van der Waals surface area contributed by atoms with Crippen LogP contribution >= 0.6 is 0 Å². The average molecular weight is 484 g/mol. The minimum atomic E-state index is -0.891. The van der Waals surface area contributed by atoms with E-state index in [4.69, 9.17) is 14.2 Å². The minimum Gasteiger partial charge on any atom is -0.452 e. The third-order valence-corrected chi connectivity index (χ3v) is 6.03. The van der Waals surface area contributed by atoms with Gasteiger partial charge < -0.3 is 14.2 Å². The maximum atomic E-state index is 12.2. The van der Waals surface area contributed by atoms with Gasteiger partial charge in [0.25, 0.3) is 0 Å². The number of aromatic nitrogens is 2. The van der Waals surface area contributed by atoms with Crippen LogP contribution in [-0.4, -0.2) is 42.1 Å². The lowest BCUT2D eigenvalue weighted by Crippen LogP contribution is -2.21. The second kappa shape index (κ2) is 12.0. The van der Waals surface area contributed by atoms with Gasteiger partial charge in [-0.3, -0.25) is 9.67 Å². The zero-order valence-corrected chi connectivity index (χ0v) is 22.9. The average Bonchev–Trinajstić information content (AvgIpc) is 3.05. The van der Waals surface area contributed by atoms with Crippen molar-refractivity contribution >= 4 is 23.7 Å². The van der Waals surface area contributed by atoms with Gasteiger partial charge in [-0.2, -0.15) is 5.10 Å². The van der Waals surface area contributed by atoms with Gasteiger partial charge in [-0.1, -0.05) is 65.3 Å². The van der Waals surface area contributed by atoms with E-state index in [9.17, 15) is 4.79 Å². The molecular formula is C28H41N3O4. The topological polar surface area (TPSA) is 74.9 Å². The molecule has 0 spiro atoms. The highest BCUT2D eigenvalue weighted by atomic mass is 16.8. The Hall–Kier alpha value is -3.09. The van der Waals surface area contributed by atoms with Crippen molar-refractivity contribution in [3.63, 3.8) is 0 Å². The molecule has 2 rings (SSSR count). The zero-order chi connectivity index (χ0) is 26.3. The molecular weight excluding hydrogens is 442 g/mol. The smallest absolute Gasteiger partial charge is 0.452 e. The first-order valence-electron chi connectivity index (χ1n) is 12.2. The molecule has 0 saturated carbocycles. The zero-order valence-electron chi connectivity index (χ0n) is 22.9. The molecule has 0 bridgehead atoms. The molecule has 0 aliphatic rings. The Morgan fingerprint density at radius 2 is 1.77 bits per heavy atom. The summed E-state index contributed by atoms with van der Waals surface area (Å²) in [5.41, 5.74) is 5.62. The van der Waals surface area contributed by atoms with Crippen molar-refractivity contribution in [2.75, 3.05) is 13.7 Å². The number of hydrogen-bond acceptors (Lipinski definition) is 6. The summed E-state index contributed by atoms with van der Waals surface area (Å²) < 4.78 is 18.7. The van der Waals surface area contributed by atoms with E-state index in [1.807, 2.05) is 34.7 Å². The molecule has 0 aliphatic carbocycles. The second-order valence-electron chi connectivity index (χ2n) is 10.0. The first kappa shape index (κ1) is 28.1. The van der Waals surface area contributed by atoms with Crippen molar-refractivity contribution in [1.82, 2.24) is 9.78 Å². The Balaban J connectivity index is 2.52. The maximum absolute atomic E-state index is 12.2. The third kappa shape index (κ3) is 7.44. The number of allylic oxidation sites excluding steroid dienone is 1. The van der Waals surface area contributed by atoms with Gasteiger partial charge >= 0.3 is 6.16 Å². The molecule has 2 aromatic rings. The lowest BCUT2D eigenvalue weighted by molar-refractivity contribution is -0.0694. The van der Waals surface area contributed by atoms with Crippen LogP contribution < -0.4 is 0 Å². The van der Waals surface area contributed by atoms with Gasteiger partial charge in [0.15, 0.2) is 5.76 Å². The van der Waals surface area contributed by atoms with Gasteiger partial charge in [-0.25, -0.2) is 4.79 Å². The number of hydrogen-bond donors (Lipinski definition) is 0. The molecule has 0 fully saturated rings. The summed E-state index contributed by atoms with van der Waals surface area (Å²) in [6.45, 7) is 16.5. The van der Waals surface area contributed by atoms with Crippen LogP contribution in [0.3, 0.4) is 0 Å². The van der Waals surface area contributed by atoms with Crippen LogP contribution in [0.15, 0.2) is 29.3 Å². The molecule has 1 aromatic heterocycles. The van der Waals surface area contributed by atoms with Crippen molar-refractivity contribution < 1.29 is 19.0 Å². The summed E-state index contributed by atoms with van der Waals surface area (Å²) in [4.78, 5) is 16.5. The maximum Gasteiger partial charge on any atom is 0.511 e. The summed E-state index contributed by atoms with van der Waals surface area (Å²) in [7, 11) is 3.59. The molecule has 2 unspecified atom stereocenters. The fraction of sp³-hybridized carbons (Fsp3) is 0.536. The SMILES string of the molecule is CCC(C)COC(=O)OC(C)O/C(=C(/C=NC)c1ccc(C(C)(C)C)cc1)c1c(C)c(C)nn1C. The molecule has 0 radical (unpaired) electrons. The van der Waals surface area contributed by atoms with E-state index in [1.165, 1.54) is 5.56 Å². The Labute approximate surface area is 210 Å². The quantitative estimate of drug-likeness (QED) is 0.177. The van der Waals surface area contributed by atoms with Gasteiger partial charge in [-0.15, -0.1) is 0 Å². The highest BCUT2D eigenvalue weighted by Crippen LogP contribution is 2.32. The van der Waals surface area contributed by atoms with Crippen LogP contribution in [0.25, 0.3) is 11.3 Å². The summed E-state index contributed by atoms with van der Waals surface area (Å²) >= 11 is 0. The molecule has 7 nitrogen and oxygen atoms in total. The van der Waals surface area contributed by atoms with E-state index >= 15 is 0 Å². The van der Waals surface area contributed by atoms with Crippen molar-refractivity contribution in [1.29, 1.82) is 0 Å². The van der Waals surface area contributed by atoms with Crippen LogP contribution in [0, 0.1) is 19.8 Å². The summed E-state index contributed by atoms with van der Waals surface area (Å²) in [6, 6.07) is 8.35. The number of rotatable bonds is 9. The van der Waals surface area contributed by atoms with Crippen molar-refractivity contribution in [3.05, 3.63) is 52.3 Å².